The van der Waals surface area contributed by atoms with Gasteiger partial charge in [-0.3, -0.25) is 5.73 Å². The fourth-order valence-electron chi connectivity index (χ4n) is 4.12. The van der Waals surface area contributed by atoms with Crippen molar-refractivity contribution in [2.45, 2.75) is 116 Å². The molecule has 0 aliphatic carbocycles. The normalized spacial score (nSPS) is 19.5. The zero-order valence-electron chi connectivity index (χ0n) is 19.5. The number of carboxylic acids is 1. The monoisotopic (exact) mass is 419 g/mol. The van der Waals surface area contributed by atoms with Gasteiger partial charge in [-0.2, -0.15) is 0 Å². The van der Waals surface area contributed by atoms with Gasteiger partial charge in [-0.1, -0.05) is 83.3 Å². The van der Waals surface area contributed by atoms with Crippen molar-refractivity contribution in [2.75, 3.05) is 6.54 Å². The number of carboxylic acid groups (broad SMARTS) is 1. The predicted octanol–water partition coefficient (Wildman–Crippen LogP) is 5.17. The Hall–Kier alpha value is -1.46. The SMILES string of the molecule is CCCCCCCCCCCCC/C=C/CCCC1=NC=C[N+]1(CC(=O)[O-])C(C)N. The van der Waals surface area contributed by atoms with Crippen LogP contribution in [0.4, 0.5) is 0 Å². The third-order valence-corrected chi connectivity index (χ3v) is 6.07. The largest absolute Gasteiger partial charge is 0.544 e. The molecule has 1 aliphatic heterocycles. The lowest BCUT2D eigenvalue weighted by atomic mass is 10.1. The number of nitrogens with two attached hydrogens (primary N) is 1. The molecule has 1 heterocycles. The first-order valence-corrected chi connectivity index (χ1v) is 12.3. The van der Waals surface area contributed by atoms with E-state index in [1.54, 1.807) is 12.4 Å². The molecule has 5 heteroatoms. The minimum atomic E-state index is -1.10. The quantitative estimate of drug-likeness (QED) is 0.178. The molecule has 0 aromatic carbocycles. The maximum absolute atomic E-state index is 11.2. The summed E-state index contributed by atoms with van der Waals surface area (Å²) in [5.41, 5.74) is 6.07. The average molecular weight is 420 g/mol. The van der Waals surface area contributed by atoms with Crippen LogP contribution in [0.3, 0.4) is 0 Å². The molecule has 0 aromatic heterocycles. The van der Waals surface area contributed by atoms with Gasteiger partial charge in [0.25, 0.3) is 0 Å². The minimum absolute atomic E-state index is 0.0881. The second kappa shape index (κ2) is 16.3. The Balaban J connectivity index is 2.04. The first kappa shape index (κ1) is 26.6. The highest BCUT2D eigenvalue weighted by Gasteiger charge is 2.38. The smallest absolute Gasteiger partial charge is 0.209 e. The summed E-state index contributed by atoms with van der Waals surface area (Å²) in [6, 6.07) is 0. The summed E-state index contributed by atoms with van der Waals surface area (Å²) in [4.78, 5) is 15.5. The first-order chi connectivity index (χ1) is 14.5. The number of rotatable bonds is 19. The Bertz CT molecular complexity index is 555. The average Bonchev–Trinajstić information content (AvgIpc) is 3.10. The third-order valence-electron chi connectivity index (χ3n) is 6.07. The van der Waals surface area contributed by atoms with Crippen LogP contribution in [-0.4, -0.2) is 29.0 Å². The third kappa shape index (κ3) is 10.5. The predicted molar refractivity (Wildman–Crippen MR) is 124 cm³/mol. The number of aliphatic carboxylic acids is 1. The molecule has 0 fully saturated rings. The van der Waals surface area contributed by atoms with Gasteiger partial charge in [0.1, 0.15) is 18.9 Å². The van der Waals surface area contributed by atoms with Crippen LogP contribution in [0.1, 0.15) is 110 Å². The number of carbonyl (C=O) groups is 1. The Morgan fingerprint density at radius 3 is 2.07 bits per heavy atom. The van der Waals surface area contributed by atoms with Crippen molar-refractivity contribution in [3.63, 3.8) is 0 Å². The minimum Gasteiger partial charge on any atom is -0.544 e. The molecule has 2 atom stereocenters. The lowest BCUT2D eigenvalue weighted by molar-refractivity contribution is -0.808. The zero-order valence-corrected chi connectivity index (χ0v) is 19.5. The molecule has 0 radical (unpaired) electrons. The topological polar surface area (TPSA) is 78.5 Å². The molecule has 5 nitrogen and oxygen atoms in total. The summed E-state index contributed by atoms with van der Waals surface area (Å²) in [6.45, 7) is 3.94. The van der Waals surface area contributed by atoms with Crippen LogP contribution >= 0.6 is 0 Å². The summed E-state index contributed by atoms with van der Waals surface area (Å²) in [5, 5.41) is 11.2. The van der Waals surface area contributed by atoms with Crippen molar-refractivity contribution in [1.29, 1.82) is 0 Å². The number of allylic oxidation sites excluding steroid dienone is 2. The van der Waals surface area contributed by atoms with E-state index in [-0.39, 0.29) is 17.2 Å². The number of nitrogens with zero attached hydrogens (tertiary/aromatic N) is 2. The van der Waals surface area contributed by atoms with Crippen LogP contribution in [0.15, 0.2) is 29.5 Å². The number of hydrogen-bond donors (Lipinski definition) is 1. The summed E-state index contributed by atoms with van der Waals surface area (Å²) < 4.78 is 0.0881. The number of carbonyl (C=O) groups excluding carboxylic acids is 1. The van der Waals surface area contributed by atoms with Gasteiger partial charge in [0.05, 0.1) is 12.2 Å². The molecule has 30 heavy (non-hydrogen) atoms. The Labute approximate surface area is 184 Å². The van der Waals surface area contributed by atoms with Gasteiger partial charge < -0.3 is 9.90 Å². The van der Waals surface area contributed by atoms with Crippen LogP contribution < -0.4 is 10.8 Å². The van der Waals surface area contributed by atoms with Crippen molar-refractivity contribution >= 4 is 11.8 Å². The zero-order chi connectivity index (χ0) is 22.1. The van der Waals surface area contributed by atoms with Crippen molar-refractivity contribution in [3.05, 3.63) is 24.6 Å². The Morgan fingerprint density at radius 2 is 1.53 bits per heavy atom. The van der Waals surface area contributed by atoms with Crippen molar-refractivity contribution in [1.82, 2.24) is 0 Å². The lowest BCUT2D eigenvalue weighted by Crippen LogP contribution is -2.60. The highest BCUT2D eigenvalue weighted by molar-refractivity contribution is 5.81. The standard InChI is InChI=1S/C25H45N3O2/c1-3-4-5-6-7-8-9-10-11-12-13-14-15-16-17-18-19-24-27-20-21-28(24,23(2)26)22-25(29)30/h15-16,20-21,23H,3-14,17-19,22,26H2,1-2H3/b16-15+. The number of aliphatic imine (C=N–C) groups is 1. The molecule has 0 amide bonds. The number of amidine groups is 1. The molecule has 172 valence electrons. The molecule has 1 aliphatic rings. The lowest BCUT2D eigenvalue weighted by Gasteiger charge is -2.36. The highest BCUT2D eigenvalue weighted by atomic mass is 16.4. The first-order valence-electron chi connectivity index (χ1n) is 12.3. The van der Waals surface area contributed by atoms with Gasteiger partial charge in [-0.25, -0.2) is 9.48 Å². The number of quaternary nitrogens is 1. The van der Waals surface area contributed by atoms with Gasteiger partial charge in [-0.05, 0) is 25.7 Å². The summed E-state index contributed by atoms with van der Waals surface area (Å²) in [7, 11) is 0. The van der Waals surface area contributed by atoms with Gasteiger partial charge in [0, 0.05) is 13.3 Å². The van der Waals surface area contributed by atoms with E-state index in [1.165, 1.54) is 70.6 Å². The van der Waals surface area contributed by atoms with E-state index in [0.717, 1.165) is 31.5 Å². The van der Waals surface area contributed by atoms with Crippen molar-refractivity contribution < 1.29 is 14.4 Å². The molecule has 0 spiro atoms. The Kier molecular flexibility index (Phi) is 14.4. The molecule has 1 rings (SSSR count). The van der Waals surface area contributed by atoms with Crippen LogP contribution in [-0.2, 0) is 4.79 Å². The van der Waals surface area contributed by atoms with E-state index >= 15 is 0 Å². The van der Waals surface area contributed by atoms with E-state index in [9.17, 15) is 9.90 Å². The van der Waals surface area contributed by atoms with Crippen molar-refractivity contribution in [3.8, 4) is 0 Å². The van der Waals surface area contributed by atoms with Crippen LogP contribution in [0.5, 0.6) is 0 Å². The molecule has 0 bridgehead atoms. The van der Waals surface area contributed by atoms with E-state index in [0.29, 0.717) is 0 Å². The maximum Gasteiger partial charge on any atom is 0.209 e. The summed E-state index contributed by atoms with van der Waals surface area (Å²) in [6.07, 6.45) is 26.7. The molecule has 2 unspecified atom stereocenters. The van der Waals surface area contributed by atoms with Gasteiger partial charge in [0.15, 0.2) is 0 Å². The molecule has 0 saturated heterocycles. The van der Waals surface area contributed by atoms with E-state index in [2.05, 4.69) is 24.1 Å². The summed E-state index contributed by atoms with van der Waals surface area (Å²) >= 11 is 0. The van der Waals surface area contributed by atoms with E-state index in [4.69, 9.17) is 5.73 Å². The van der Waals surface area contributed by atoms with Crippen LogP contribution in [0, 0.1) is 0 Å². The second-order valence-corrected chi connectivity index (χ2v) is 8.73. The van der Waals surface area contributed by atoms with Gasteiger partial charge in [-0.15, -0.1) is 0 Å². The van der Waals surface area contributed by atoms with Crippen molar-refractivity contribution in [2.24, 2.45) is 10.7 Å². The summed E-state index contributed by atoms with van der Waals surface area (Å²) in [5.74, 6) is -0.272. The number of hydrogen-bond acceptors (Lipinski definition) is 4. The molecular weight excluding hydrogens is 374 g/mol. The fourth-order valence-corrected chi connectivity index (χ4v) is 4.12. The second-order valence-electron chi connectivity index (χ2n) is 8.73. The van der Waals surface area contributed by atoms with Crippen LogP contribution in [0.2, 0.25) is 0 Å². The molecule has 0 aromatic rings. The molecular formula is C25H45N3O2. The molecule has 0 saturated carbocycles. The highest BCUT2D eigenvalue weighted by Crippen LogP contribution is 2.22. The van der Waals surface area contributed by atoms with E-state index in [1.807, 2.05) is 6.92 Å². The van der Waals surface area contributed by atoms with Crippen LogP contribution in [0.25, 0.3) is 0 Å². The fraction of sp³-hybridized carbons (Fsp3) is 0.760. The molecule has 2 N–H and O–H groups in total. The number of unbranched alkanes of at least 4 members (excludes halogenated alkanes) is 12. The van der Waals surface area contributed by atoms with Gasteiger partial charge >= 0.3 is 0 Å². The van der Waals surface area contributed by atoms with Gasteiger partial charge in [0.2, 0.25) is 5.84 Å². The maximum atomic E-state index is 11.2. The Morgan fingerprint density at radius 1 is 1.00 bits per heavy atom. The van der Waals surface area contributed by atoms with E-state index < -0.39 is 5.97 Å².